The van der Waals surface area contributed by atoms with Gasteiger partial charge in [0.2, 0.25) is 0 Å². The van der Waals surface area contributed by atoms with Crippen LogP contribution in [0.5, 0.6) is 11.5 Å². The minimum Gasteiger partial charge on any atom is -0.502 e. The highest BCUT2D eigenvalue weighted by atomic mass is 32.1. The molecule has 2 aromatic rings. The third-order valence-electron chi connectivity index (χ3n) is 5.94. The molecule has 1 N–H and O–H groups in total. The minimum absolute atomic E-state index is 0.0484. The number of hydrogen-bond acceptors (Lipinski definition) is 4. The lowest BCUT2D eigenvalue weighted by molar-refractivity contribution is 0.105. The van der Waals surface area contributed by atoms with E-state index >= 15 is 0 Å². The Morgan fingerprint density at radius 1 is 1.42 bits per heavy atom. The average molecular weight is 372 g/mol. The second kappa shape index (κ2) is 5.68. The van der Waals surface area contributed by atoms with Gasteiger partial charge in [0.25, 0.3) is 0 Å². The Morgan fingerprint density at radius 2 is 2.15 bits per heavy atom. The Morgan fingerprint density at radius 3 is 2.85 bits per heavy atom. The highest BCUT2D eigenvalue weighted by Crippen LogP contribution is 2.71. The number of phenols is 1. The predicted octanol–water partition coefficient (Wildman–Crippen LogP) is 5.10. The molecule has 0 bridgehead atoms. The zero-order chi connectivity index (χ0) is 18.8. The molecule has 0 radical (unpaired) electrons. The fourth-order valence-corrected chi connectivity index (χ4v) is 5.58. The second-order valence-corrected chi connectivity index (χ2v) is 8.97. The average Bonchev–Trinajstić information content (AvgIpc) is 2.95. The molecule has 2 aliphatic rings. The number of rotatable bonds is 4. The third-order valence-corrected chi connectivity index (χ3v) is 7.12. The van der Waals surface area contributed by atoms with Crippen LogP contribution < -0.4 is 4.74 Å². The van der Waals surface area contributed by atoms with Crippen LogP contribution in [0.2, 0.25) is 0 Å². The SMILES string of the molecule is COc1cc(C=CC(=O)c2sc(C)c3c2C[C@@H]2[C@H]3C2(C)C)cc(F)c1O. The number of aryl methyl sites for hydroxylation is 1. The van der Waals surface area contributed by atoms with E-state index in [0.29, 0.717) is 22.8 Å². The van der Waals surface area contributed by atoms with Crippen LogP contribution in [0.3, 0.4) is 0 Å². The molecule has 2 aliphatic carbocycles. The van der Waals surface area contributed by atoms with Crippen molar-refractivity contribution < 1.29 is 19.0 Å². The van der Waals surface area contributed by atoms with Gasteiger partial charge in [0.05, 0.1) is 12.0 Å². The van der Waals surface area contributed by atoms with E-state index in [1.54, 1.807) is 17.4 Å². The Kier molecular flexibility index (Phi) is 3.77. The number of methoxy groups -OCH3 is 1. The van der Waals surface area contributed by atoms with E-state index in [1.165, 1.54) is 41.3 Å². The smallest absolute Gasteiger partial charge is 0.196 e. The molecule has 136 valence electrons. The number of thiophene rings is 1. The van der Waals surface area contributed by atoms with Crippen molar-refractivity contribution in [3.8, 4) is 11.5 Å². The van der Waals surface area contributed by atoms with Crippen molar-refractivity contribution in [2.75, 3.05) is 7.11 Å². The standard InChI is InChI=1S/C21H21FO3S/c1-10-17-12(9-13-18(17)21(13,2)3)20(26-10)15(23)6-5-11-7-14(22)19(24)16(8-11)25-4/h5-8,13,18,24H,9H2,1-4H3/t13-,18-/m1/s1. The van der Waals surface area contributed by atoms with Crippen molar-refractivity contribution in [2.45, 2.75) is 33.1 Å². The van der Waals surface area contributed by atoms with Gasteiger partial charge in [0.1, 0.15) is 0 Å². The maximum Gasteiger partial charge on any atom is 0.196 e. The van der Waals surface area contributed by atoms with Crippen LogP contribution in [-0.4, -0.2) is 18.0 Å². The zero-order valence-corrected chi connectivity index (χ0v) is 16.0. The van der Waals surface area contributed by atoms with Gasteiger partial charge < -0.3 is 9.84 Å². The summed E-state index contributed by atoms with van der Waals surface area (Å²) in [5.74, 6) is -0.0466. The second-order valence-electron chi connectivity index (χ2n) is 7.74. The van der Waals surface area contributed by atoms with Crippen molar-refractivity contribution in [3.05, 3.63) is 50.5 Å². The molecular formula is C21H21FO3S. The number of ether oxygens (including phenoxy) is 1. The van der Waals surface area contributed by atoms with Crippen LogP contribution in [0.1, 0.15) is 51.0 Å². The van der Waals surface area contributed by atoms with Crippen LogP contribution in [0.25, 0.3) is 6.08 Å². The Bertz CT molecular complexity index is 955. The van der Waals surface area contributed by atoms with E-state index in [4.69, 9.17) is 4.74 Å². The van der Waals surface area contributed by atoms with Crippen molar-refractivity contribution in [1.29, 1.82) is 0 Å². The lowest BCUT2D eigenvalue weighted by atomic mass is 9.94. The molecule has 2 atom stereocenters. The minimum atomic E-state index is -0.772. The number of carbonyl (C=O) groups is 1. The van der Waals surface area contributed by atoms with E-state index in [9.17, 15) is 14.3 Å². The normalized spacial score (nSPS) is 22.3. The van der Waals surface area contributed by atoms with Crippen LogP contribution in [0.15, 0.2) is 18.2 Å². The lowest BCUT2D eigenvalue weighted by Crippen LogP contribution is -2.03. The largest absolute Gasteiger partial charge is 0.502 e. The van der Waals surface area contributed by atoms with Crippen molar-refractivity contribution in [3.63, 3.8) is 0 Å². The first kappa shape index (κ1) is 17.3. The monoisotopic (exact) mass is 372 g/mol. The summed E-state index contributed by atoms with van der Waals surface area (Å²) in [6.45, 7) is 6.70. The topological polar surface area (TPSA) is 46.5 Å². The highest BCUT2D eigenvalue weighted by molar-refractivity contribution is 7.14. The van der Waals surface area contributed by atoms with E-state index in [1.807, 2.05) is 0 Å². The van der Waals surface area contributed by atoms with Gasteiger partial charge in [-0.25, -0.2) is 4.39 Å². The molecule has 4 rings (SSSR count). The number of benzene rings is 1. The van der Waals surface area contributed by atoms with Gasteiger partial charge in [-0.05, 0) is 65.5 Å². The number of carbonyl (C=O) groups excluding carboxylic acids is 1. The Balaban J connectivity index is 1.61. The number of allylic oxidation sites excluding steroid dienone is 1. The molecule has 26 heavy (non-hydrogen) atoms. The van der Waals surface area contributed by atoms with Crippen molar-refractivity contribution in [1.82, 2.24) is 0 Å². The molecule has 1 saturated carbocycles. The van der Waals surface area contributed by atoms with E-state index in [-0.39, 0.29) is 11.5 Å². The summed E-state index contributed by atoms with van der Waals surface area (Å²) >= 11 is 1.56. The summed E-state index contributed by atoms with van der Waals surface area (Å²) in [6, 6.07) is 2.69. The number of ketones is 1. The number of halogens is 1. The van der Waals surface area contributed by atoms with Gasteiger partial charge in [0.15, 0.2) is 23.1 Å². The number of aromatic hydroxyl groups is 1. The van der Waals surface area contributed by atoms with Gasteiger partial charge in [-0.2, -0.15) is 0 Å². The molecule has 0 amide bonds. The van der Waals surface area contributed by atoms with E-state index in [2.05, 4.69) is 20.8 Å². The molecule has 0 unspecified atom stereocenters. The predicted molar refractivity (Wildman–Crippen MR) is 101 cm³/mol. The van der Waals surface area contributed by atoms with Gasteiger partial charge >= 0.3 is 0 Å². The van der Waals surface area contributed by atoms with E-state index < -0.39 is 11.6 Å². The molecule has 5 heteroatoms. The maximum atomic E-state index is 13.7. The summed E-state index contributed by atoms with van der Waals surface area (Å²) in [5, 5.41) is 9.57. The van der Waals surface area contributed by atoms with Crippen molar-refractivity contribution in [2.24, 2.45) is 11.3 Å². The van der Waals surface area contributed by atoms with Gasteiger partial charge in [-0.15, -0.1) is 11.3 Å². The first-order chi connectivity index (χ1) is 12.3. The highest BCUT2D eigenvalue weighted by Gasteiger charge is 2.63. The first-order valence-corrected chi connectivity index (χ1v) is 9.48. The molecule has 0 aliphatic heterocycles. The van der Waals surface area contributed by atoms with Gasteiger partial charge in [-0.3, -0.25) is 4.79 Å². The van der Waals surface area contributed by atoms with Crippen LogP contribution >= 0.6 is 11.3 Å². The van der Waals surface area contributed by atoms with Crippen LogP contribution in [0, 0.1) is 24.1 Å². The summed E-state index contributed by atoms with van der Waals surface area (Å²) in [5.41, 5.74) is 3.43. The molecule has 0 saturated heterocycles. The van der Waals surface area contributed by atoms with Gasteiger partial charge in [0, 0.05) is 4.88 Å². The molecule has 1 fully saturated rings. The van der Waals surface area contributed by atoms with Gasteiger partial charge in [-0.1, -0.05) is 19.9 Å². The fourth-order valence-electron chi connectivity index (χ4n) is 4.42. The molecule has 0 spiro atoms. The molecular weight excluding hydrogens is 351 g/mol. The first-order valence-electron chi connectivity index (χ1n) is 8.66. The van der Waals surface area contributed by atoms with Crippen LogP contribution in [-0.2, 0) is 6.42 Å². The Hall–Kier alpha value is -2.14. The summed E-state index contributed by atoms with van der Waals surface area (Å²) in [4.78, 5) is 14.8. The quantitative estimate of drug-likeness (QED) is 0.600. The summed E-state index contributed by atoms with van der Waals surface area (Å²) in [6.07, 6.45) is 4.02. The van der Waals surface area contributed by atoms with E-state index in [0.717, 1.165) is 11.3 Å². The number of fused-ring (bicyclic) bond motifs is 3. The van der Waals surface area contributed by atoms with Crippen LogP contribution in [0.4, 0.5) is 4.39 Å². The summed E-state index contributed by atoms with van der Waals surface area (Å²) in [7, 11) is 1.36. The third kappa shape index (κ3) is 2.41. The van der Waals surface area contributed by atoms with Crippen molar-refractivity contribution >= 4 is 23.2 Å². The number of phenolic OH excluding ortho intramolecular Hbond substituents is 1. The molecule has 3 nitrogen and oxygen atoms in total. The molecule has 1 heterocycles. The summed E-state index contributed by atoms with van der Waals surface area (Å²) < 4.78 is 18.7. The maximum absolute atomic E-state index is 13.7. The molecule has 1 aromatic carbocycles. The lowest BCUT2D eigenvalue weighted by Gasteiger charge is -2.09. The fraction of sp³-hybridized carbons (Fsp3) is 0.381. The zero-order valence-electron chi connectivity index (χ0n) is 15.2. The number of hydrogen-bond donors (Lipinski definition) is 1. The molecule has 1 aromatic heterocycles. The Labute approximate surface area is 156 Å².